The lowest BCUT2D eigenvalue weighted by Gasteiger charge is -2.42. The normalized spacial score (nSPS) is 22.1. The van der Waals surface area contributed by atoms with Crippen LogP contribution < -0.4 is 0 Å². The van der Waals surface area contributed by atoms with Crippen molar-refractivity contribution in [3.63, 3.8) is 0 Å². The molecule has 0 saturated carbocycles. The molecular formula is C18H33N5O2. The molecule has 2 saturated heterocycles. The van der Waals surface area contributed by atoms with E-state index < -0.39 is 0 Å². The second-order valence-electron chi connectivity index (χ2n) is 7.81. The van der Waals surface area contributed by atoms with Gasteiger partial charge in [0.2, 0.25) is 5.89 Å². The highest BCUT2D eigenvalue weighted by Gasteiger charge is 2.27. The Morgan fingerprint density at radius 1 is 1.08 bits per heavy atom. The third kappa shape index (κ3) is 5.48. The molecule has 1 aromatic heterocycles. The van der Waals surface area contributed by atoms with Gasteiger partial charge in [-0.15, -0.1) is 0 Å². The minimum atomic E-state index is 0.271. The molecule has 3 heterocycles. The maximum Gasteiger partial charge on any atom is 0.226 e. The van der Waals surface area contributed by atoms with E-state index in [0.717, 1.165) is 70.5 Å². The molecule has 2 aliphatic heterocycles. The van der Waals surface area contributed by atoms with E-state index in [9.17, 15) is 0 Å². The van der Waals surface area contributed by atoms with E-state index in [0.29, 0.717) is 12.0 Å². The molecule has 0 unspecified atom stereocenters. The lowest BCUT2D eigenvalue weighted by Crippen LogP contribution is -2.53. The first-order valence-corrected chi connectivity index (χ1v) is 9.75. The van der Waals surface area contributed by atoms with Crippen LogP contribution in [0, 0.1) is 5.92 Å². The third-order valence-electron chi connectivity index (χ3n) is 5.35. The molecule has 0 aliphatic carbocycles. The summed E-state index contributed by atoms with van der Waals surface area (Å²) in [5, 5.41) is 13.2. The highest BCUT2D eigenvalue weighted by Crippen LogP contribution is 2.19. The van der Waals surface area contributed by atoms with Gasteiger partial charge in [-0.05, 0) is 18.8 Å². The first-order chi connectivity index (χ1) is 12.1. The second kappa shape index (κ2) is 9.07. The van der Waals surface area contributed by atoms with Crippen LogP contribution in [-0.2, 0) is 13.0 Å². The van der Waals surface area contributed by atoms with Gasteiger partial charge in [-0.1, -0.05) is 19.0 Å². The summed E-state index contributed by atoms with van der Waals surface area (Å²) in [6.07, 6.45) is 3.30. The molecule has 2 fully saturated rings. The predicted octanol–water partition coefficient (Wildman–Crippen LogP) is 0.842. The van der Waals surface area contributed by atoms with Crippen molar-refractivity contribution in [2.24, 2.45) is 5.92 Å². The molecular weight excluding hydrogens is 318 g/mol. The number of likely N-dealkylation sites (tertiary alicyclic amines) is 1. The Morgan fingerprint density at radius 3 is 2.44 bits per heavy atom. The molecule has 0 amide bonds. The second-order valence-corrected chi connectivity index (χ2v) is 7.81. The van der Waals surface area contributed by atoms with E-state index in [2.05, 4.69) is 38.7 Å². The van der Waals surface area contributed by atoms with Crippen LogP contribution in [0.5, 0.6) is 0 Å². The van der Waals surface area contributed by atoms with Gasteiger partial charge >= 0.3 is 0 Å². The van der Waals surface area contributed by atoms with Crippen LogP contribution in [0.15, 0.2) is 4.52 Å². The number of rotatable bonds is 7. The molecule has 25 heavy (non-hydrogen) atoms. The fourth-order valence-corrected chi connectivity index (χ4v) is 3.92. The van der Waals surface area contributed by atoms with Crippen molar-refractivity contribution in [2.75, 3.05) is 52.4 Å². The van der Waals surface area contributed by atoms with Crippen molar-refractivity contribution < 1.29 is 9.63 Å². The van der Waals surface area contributed by atoms with Crippen LogP contribution in [0.3, 0.4) is 0 Å². The average molecular weight is 351 g/mol. The summed E-state index contributed by atoms with van der Waals surface area (Å²) >= 11 is 0. The number of aliphatic hydroxyl groups is 1. The van der Waals surface area contributed by atoms with Crippen molar-refractivity contribution in [3.8, 4) is 0 Å². The standard InChI is InChI=1S/C18H33N5O2/c1-15(2)13-18-19-17(20-25-18)14-22-5-3-16(4-6-22)23-9-7-21(8-10-23)11-12-24/h15-16,24H,3-14H2,1-2H3. The molecule has 7 heteroatoms. The van der Waals surface area contributed by atoms with Crippen molar-refractivity contribution in [1.82, 2.24) is 24.8 Å². The summed E-state index contributed by atoms with van der Waals surface area (Å²) in [4.78, 5) is 12.0. The van der Waals surface area contributed by atoms with Crippen molar-refractivity contribution in [1.29, 1.82) is 0 Å². The maximum absolute atomic E-state index is 9.05. The highest BCUT2D eigenvalue weighted by atomic mass is 16.5. The van der Waals surface area contributed by atoms with Crippen LogP contribution in [0.1, 0.15) is 38.4 Å². The Hall–Kier alpha value is -1.02. The van der Waals surface area contributed by atoms with E-state index in [1.807, 2.05) is 0 Å². The molecule has 0 aromatic carbocycles. The van der Waals surface area contributed by atoms with Gasteiger partial charge in [-0.3, -0.25) is 14.7 Å². The van der Waals surface area contributed by atoms with Gasteiger partial charge in [-0.25, -0.2) is 0 Å². The molecule has 3 rings (SSSR count). The first kappa shape index (κ1) is 18.8. The van der Waals surface area contributed by atoms with Gasteiger partial charge < -0.3 is 9.63 Å². The molecule has 1 N–H and O–H groups in total. The molecule has 0 radical (unpaired) electrons. The van der Waals surface area contributed by atoms with Gasteiger partial charge in [0.15, 0.2) is 5.82 Å². The SMILES string of the molecule is CC(C)Cc1nc(CN2CCC(N3CCN(CCO)CC3)CC2)no1. The smallest absolute Gasteiger partial charge is 0.226 e. The van der Waals surface area contributed by atoms with Gasteiger partial charge in [0.05, 0.1) is 13.2 Å². The number of nitrogens with zero attached hydrogens (tertiary/aromatic N) is 5. The summed E-state index contributed by atoms with van der Waals surface area (Å²) in [5.74, 6) is 2.13. The number of hydrogen-bond acceptors (Lipinski definition) is 7. The Labute approximate surface area is 151 Å². The van der Waals surface area contributed by atoms with Crippen molar-refractivity contribution in [3.05, 3.63) is 11.7 Å². The summed E-state index contributed by atoms with van der Waals surface area (Å²) < 4.78 is 5.34. The van der Waals surface area contributed by atoms with Crippen LogP contribution in [-0.4, -0.2) is 88.4 Å². The van der Waals surface area contributed by atoms with Crippen LogP contribution >= 0.6 is 0 Å². The molecule has 2 aliphatic rings. The topological polar surface area (TPSA) is 68.9 Å². The van der Waals surface area contributed by atoms with Gasteiger partial charge in [0.25, 0.3) is 0 Å². The number of aromatic nitrogens is 2. The van der Waals surface area contributed by atoms with E-state index in [1.54, 1.807) is 0 Å². The number of hydrogen-bond donors (Lipinski definition) is 1. The Morgan fingerprint density at radius 2 is 1.80 bits per heavy atom. The van der Waals surface area contributed by atoms with Crippen LogP contribution in [0.25, 0.3) is 0 Å². The monoisotopic (exact) mass is 351 g/mol. The lowest BCUT2D eigenvalue weighted by molar-refractivity contribution is 0.0510. The molecule has 1 aromatic rings. The van der Waals surface area contributed by atoms with Gasteiger partial charge in [-0.2, -0.15) is 4.98 Å². The molecule has 0 spiro atoms. The van der Waals surface area contributed by atoms with Crippen LogP contribution in [0.2, 0.25) is 0 Å². The number of β-amino-alcohol motifs (C(OH)–C–C–N with tert-alkyl or cyclic N) is 1. The quantitative estimate of drug-likeness (QED) is 0.781. The average Bonchev–Trinajstić information content (AvgIpc) is 3.03. The molecule has 142 valence electrons. The van der Waals surface area contributed by atoms with E-state index in [4.69, 9.17) is 9.63 Å². The summed E-state index contributed by atoms with van der Waals surface area (Å²) in [6, 6.07) is 0.703. The zero-order chi connectivity index (χ0) is 17.6. The zero-order valence-corrected chi connectivity index (χ0v) is 15.7. The largest absolute Gasteiger partial charge is 0.395 e. The Kier molecular flexibility index (Phi) is 6.81. The molecule has 0 atom stereocenters. The number of piperidine rings is 1. The van der Waals surface area contributed by atoms with Crippen molar-refractivity contribution >= 4 is 0 Å². The number of aliphatic hydroxyl groups excluding tert-OH is 1. The number of piperazine rings is 1. The third-order valence-corrected chi connectivity index (χ3v) is 5.35. The maximum atomic E-state index is 9.05. The predicted molar refractivity (Wildman–Crippen MR) is 96.2 cm³/mol. The summed E-state index contributed by atoms with van der Waals surface area (Å²) in [7, 11) is 0. The summed E-state index contributed by atoms with van der Waals surface area (Å²) in [6.45, 7) is 12.9. The van der Waals surface area contributed by atoms with Crippen LogP contribution in [0.4, 0.5) is 0 Å². The first-order valence-electron chi connectivity index (χ1n) is 9.75. The Balaban J connectivity index is 1.39. The molecule has 7 nitrogen and oxygen atoms in total. The van der Waals surface area contributed by atoms with Gasteiger partial charge in [0.1, 0.15) is 0 Å². The molecule has 0 bridgehead atoms. The van der Waals surface area contributed by atoms with E-state index >= 15 is 0 Å². The zero-order valence-electron chi connectivity index (χ0n) is 15.7. The lowest BCUT2D eigenvalue weighted by atomic mass is 10.0. The Bertz CT molecular complexity index is 505. The fourth-order valence-electron chi connectivity index (χ4n) is 3.92. The minimum Gasteiger partial charge on any atom is -0.395 e. The van der Waals surface area contributed by atoms with Gasteiger partial charge in [0, 0.05) is 58.3 Å². The van der Waals surface area contributed by atoms with Crippen molar-refractivity contribution in [2.45, 2.75) is 45.7 Å². The highest BCUT2D eigenvalue weighted by molar-refractivity contribution is 4.90. The van der Waals surface area contributed by atoms with E-state index in [-0.39, 0.29) is 6.61 Å². The van der Waals surface area contributed by atoms with E-state index in [1.165, 1.54) is 12.8 Å². The summed E-state index contributed by atoms with van der Waals surface area (Å²) in [5.41, 5.74) is 0. The minimum absolute atomic E-state index is 0.271. The fraction of sp³-hybridized carbons (Fsp3) is 0.889.